The van der Waals surface area contributed by atoms with E-state index in [0.717, 1.165) is 19.4 Å². The molecule has 1 aliphatic rings. The molecule has 0 spiro atoms. The fourth-order valence-electron chi connectivity index (χ4n) is 2.28. The summed E-state index contributed by atoms with van der Waals surface area (Å²) in [6.07, 6.45) is 1.77. The summed E-state index contributed by atoms with van der Waals surface area (Å²) in [5.41, 5.74) is 0. The second-order valence-corrected chi connectivity index (χ2v) is 7.34. The van der Waals surface area contributed by atoms with Gasteiger partial charge in [-0.3, -0.25) is 0 Å². The fraction of sp³-hybridized carbons (Fsp3) is 0.538. The number of hydrogen-bond donors (Lipinski definition) is 2. The molecule has 2 N–H and O–H groups in total. The van der Waals surface area contributed by atoms with Gasteiger partial charge in [-0.15, -0.1) is 12.4 Å². The van der Waals surface area contributed by atoms with Crippen molar-refractivity contribution in [1.29, 1.82) is 0 Å². The highest BCUT2D eigenvalue weighted by molar-refractivity contribution is 9.10. The second kappa shape index (κ2) is 8.35. The van der Waals surface area contributed by atoms with Gasteiger partial charge in [0.1, 0.15) is 16.4 Å². The average molecular weight is 416 g/mol. The number of piperidine rings is 1. The molecule has 1 aliphatic heterocycles. The van der Waals surface area contributed by atoms with Gasteiger partial charge in [0.25, 0.3) is 0 Å². The first-order valence-electron chi connectivity index (χ1n) is 6.62. The Labute approximate surface area is 145 Å². The number of nitrogens with one attached hydrogen (secondary N) is 2. The first-order chi connectivity index (χ1) is 9.97. The third-order valence-electron chi connectivity index (χ3n) is 3.35. The van der Waals surface area contributed by atoms with Gasteiger partial charge in [0.2, 0.25) is 10.0 Å². The highest BCUT2D eigenvalue weighted by Gasteiger charge is 2.26. The molecule has 1 aromatic rings. The van der Waals surface area contributed by atoms with Crippen LogP contribution in [-0.2, 0) is 10.0 Å². The molecule has 6 nitrogen and oxygen atoms in total. The SMILES string of the molecule is COc1cc(S(=O)(=O)NC2CCCNC2)c(OC)cc1Br.Cl. The topological polar surface area (TPSA) is 76.7 Å². The maximum atomic E-state index is 12.6. The Morgan fingerprint density at radius 3 is 2.50 bits per heavy atom. The molecule has 2 rings (SSSR count). The van der Waals surface area contributed by atoms with Gasteiger partial charge in [-0.1, -0.05) is 0 Å². The second-order valence-electron chi connectivity index (χ2n) is 4.80. The number of sulfonamides is 1. The Morgan fingerprint density at radius 2 is 1.95 bits per heavy atom. The molecule has 9 heteroatoms. The molecule has 0 aliphatic carbocycles. The quantitative estimate of drug-likeness (QED) is 0.768. The highest BCUT2D eigenvalue weighted by atomic mass is 79.9. The van der Waals surface area contributed by atoms with E-state index in [9.17, 15) is 8.42 Å². The van der Waals surface area contributed by atoms with Gasteiger partial charge < -0.3 is 14.8 Å². The fourth-order valence-corrected chi connectivity index (χ4v) is 4.20. The molecule has 0 radical (unpaired) electrons. The number of ether oxygens (including phenoxy) is 2. The maximum absolute atomic E-state index is 12.6. The minimum Gasteiger partial charge on any atom is -0.496 e. The van der Waals surface area contributed by atoms with Crippen LogP contribution in [0.1, 0.15) is 12.8 Å². The summed E-state index contributed by atoms with van der Waals surface area (Å²) >= 11 is 3.32. The van der Waals surface area contributed by atoms with E-state index < -0.39 is 10.0 Å². The number of benzene rings is 1. The summed E-state index contributed by atoms with van der Waals surface area (Å²) in [7, 11) is -0.740. The molecule has 0 amide bonds. The van der Waals surface area contributed by atoms with Crippen molar-refractivity contribution < 1.29 is 17.9 Å². The Balaban J connectivity index is 0.00000242. The van der Waals surface area contributed by atoms with Crippen molar-refractivity contribution in [3.8, 4) is 11.5 Å². The van der Waals surface area contributed by atoms with E-state index in [1.807, 2.05) is 0 Å². The van der Waals surface area contributed by atoms with Crippen molar-refractivity contribution in [2.75, 3.05) is 27.3 Å². The van der Waals surface area contributed by atoms with Gasteiger partial charge in [0.15, 0.2) is 0 Å². The lowest BCUT2D eigenvalue weighted by molar-refractivity contribution is 0.388. The number of rotatable bonds is 5. The summed E-state index contributed by atoms with van der Waals surface area (Å²) in [5.74, 6) is 0.719. The van der Waals surface area contributed by atoms with E-state index >= 15 is 0 Å². The van der Waals surface area contributed by atoms with Crippen LogP contribution in [0.2, 0.25) is 0 Å². The van der Waals surface area contributed by atoms with Crippen LogP contribution in [-0.4, -0.2) is 41.8 Å². The average Bonchev–Trinajstić information content (AvgIpc) is 2.47. The van der Waals surface area contributed by atoms with Gasteiger partial charge in [-0.05, 0) is 41.4 Å². The Hall–Kier alpha value is -0.540. The van der Waals surface area contributed by atoms with Gasteiger partial charge in [0.05, 0.1) is 18.7 Å². The largest absolute Gasteiger partial charge is 0.496 e. The molecule has 126 valence electrons. The van der Waals surface area contributed by atoms with Gasteiger partial charge in [0, 0.05) is 18.7 Å². The number of hydrogen-bond acceptors (Lipinski definition) is 5. The highest BCUT2D eigenvalue weighted by Crippen LogP contribution is 2.35. The molecule has 1 fully saturated rings. The Morgan fingerprint density at radius 1 is 1.27 bits per heavy atom. The zero-order chi connectivity index (χ0) is 15.5. The Kier molecular flexibility index (Phi) is 7.40. The van der Waals surface area contributed by atoms with E-state index in [4.69, 9.17) is 9.47 Å². The molecule has 22 heavy (non-hydrogen) atoms. The normalized spacial score (nSPS) is 18.4. The van der Waals surface area contributed by atoms with Crippen LogP contribution in [0.4, 0.5) is 0 Å². The molecule has 0 saturated carbocycles. The van der Waals surface area contributed by atoms with E-state index in [-0.39, 0.29) is 29.1 Å². The lowest BCUT2D eigenvalue weighted by atomic mass is 10.1. The van der Waals surface area contributed by atoms with E-state index in [1.165, 1.54) is 20.3 Å². The van der Waals surface area contributed by atoms with Crippen LogP contribution < -0.4 is 19.5 Å². The number of methoxy groups -OCH3 is 2. The third-order valence-corrected chi connectivity index (χ3v) is 5.51. The standard InChI is InChI=1S/C13H19BrN2O4S.ClH/c1-19-11-7-13(12(20-2)6-10(11)14)21(17,18)16-9-4-3-5-15-8-9;/h6-7,9,15-16H,3-5,8H2,1-2H3;1H. The molecule has 0 bridgehead atoms. The molecular formula is C13H20BrClN2O4S. The van der Waals surface area contributed by atoms with E-state index in [0.29, 0.717) is 16.8 Å². The Bertz CT molecular complexity index is 606. The van der Waals surface area contributed by atoms with Crippen LogP contribution in [0.3, 0.4) is 0 Å². The van der Waals surface area contributed by atoms with Gasteiger partial charge in [-0.2, -0.15) is 0 Å². The molecule has 1 heterocycles. The smallest absolute Gasteiger partial charge is 0.244 e. The molecule has 1 saturated heterocycles. The lowest BCUT2D eigenvalue weighted by Crippen LogP contribution is -2.45. The van der Waals surface area contributed by atoms with E-state index in [1.54, 1.807) is 6.07 Å². The van der Waals surface area contributed by atoms with Crippen molar-refractivity contribution in [3.05, 3.63) is 16.6 Å². The summed E-state index contributed by atoms with van der Waals surface area (Å²) in [4.78, 5) is 0.0793. The van der Waals surface area contributed by atoms with Crippen molar-refractivity contribution in [1.82, 2.24) is 10.0 Å². The van der Waals surface area contributed by atoms with E-state index in [2.05, 4.69) is 26.0 Å². The summed E-state index contributed by atoms with van der Waals surface area (Å²) in [5, 5.41) is 3.18. The first kappa shape index (κ1) is 19.5. The molecule has 1 unspecified atom stereocenters. The van der Waals surface area contributed by atoms with Crippen molar-refractivity contribution in [2.24, 2.45) is 0 Å². The molecule has 1 aromatic carbocycles. The minimum absolute atomic E-state index is 0. The summed E-state index contributed by atoms with van der Waals surface area (Å²) in [6, 6.07) is 2.94. The molecular weight excluding hydrogens is 396 g/mol. The monoisotopic (exact) mass is 414 g/mol. The number of halogens is 2. The van der Waals surface area contributed by atoms with Crippen LogP contribution in [0.5, 0.6) is 11.5 Å². The van der Waals surface area contributed by atoms with Crippen molar-refractivity contribution in [3.63, 3.8) is 0 Å². The zero-order valence-corrected chi connectivity index (χ0v) is 15.6. The molecule has 1 atom stereocenters. The van der Waals surface area contributed by atoms with Crippen molar-refractivity contribution >= 4 is 38.4 Å². The first-order valence-corrected chi connectivity index (χ1v) is 8.90. The van der Waals surface area contributed by atoms with Crippen LogP contribution in [0, 0.1) is 0 Å². The summed E-state index contributed by atoms with van der Waals surface area (Å²) < 4.78 is 38.8. The third kappa shape index (κ3) is 4.48. The van der Waals surface area contributed by atoms with Crippen molar-refractivity contribution in [2.45, 2.75) is 23.8 Å². The van der Waals surface area contributed by atoms with Gasteiger partial charge in [-0.25, -0.2) is 13.1 Å². The summed E-state index contributed by atoms with van der Waals surface area (Å²) in [6.45, 7) is 1.56. The minimum atomic E-state index is -3.67. The van der Waals surface area contributed by atoms with Crippen LogP contribution >= 0.6 is 28.3 Å². The predicted octanol–water partition coefficient (Wildman–Crippen LogP) is 1.92. The van der Waals surface area contributed by atoms with Gasteiger partial charge >= 0.3 is 0 Å². The molecule has 0 aromatic heterocycles. The maximum Gasteiger partial charge on any atom is 0.244 e. The zero-order valence-electron chi connectivity index (χ0n) is 12.4. The van der Waals surface area contributed by atoms with Crippen LogP contribution in [0.15, 0.2) is 21.5 Å². The predicted molar refractivity (Wildman–Crippen MR) is 90.7 cm³/mol. The van der Waals surface area contributed by atoms with Crippen LogP contribution in [0.25, 0.3) is 0 Å². The lowest BCUT2D eigenvalue weighted by Gasteiger charge is -2.24.